The molecule has 6 heteroatoms. The maximum Gasteiger partial charge on any atom is 0.231 e. The minimum Gasteiger partial charge on any atom is -0.464 e. The molecule has 0 bridgehead atoms. The van der Waals surface area contributed by atoms with Gasteiger partial charge in [-0.05, 0) is 57.0 Å². The fourth-order valence-electron chi connectivity index (χ4n) is 2.75. The molecule has 3 aromatic rings. The second kappa shape index (κ2) is 7.83. The van der Waals surface area contributed by atoms with Gasteiger partial charge in [0.25, 0.3) is 0 Å². The summed E-state index contributed by atoms with van der Waals surface area (Å²) in [6, 6.07) is 9.82. The van der Waals surface area contributed by atoms with Crippen molar-refractivity contribution in [3.05, 3.63) is 65.4 Å². The second-order valence-electron chi connectivity index (χ2n) is 6.33. The van der Waals surface area contributed by atoms with Crippen LogP contribution in [0.1, 0.15) is 35.6 Å². The Morgan fingerprint density at radius 2 is 2.08 bits per heavy atom. The minimum atomic E-state index is -0.157. The molecule has 0 saturated carbocycles. The molecule has 26 heavy (non-hydrogen) atoms. The third-order valence-electron chi connectivity index (χ3n) is 4.34. The lowest BCUT2D eigenvalue weighted by Gasteiger charge is -2.13. The maximum atomic E-state index is 12.3. The van der Waals surface area contributed by atoms with Crippen molar-refractivity contribution in [1.29, 1.82) is 0 Å². The van der Waals surface area contributed by atoms with Crippen LogP contribution in [0.25, 0.3) is 5.69 Å². The molecule has 0 aliphatic carbocycles. The highest BCUT2D eigenvalue weighted by Gasteiger charge is 2.15. The molecule has 3 rings (SSSR count). The number of carbonyl (C=O) groups excluding carboxylic acids is 1. The Bertz CT molecular complexity index is 913. The highest BCUT2D eigenvalue weighted by Crippen LogP contribution is 2.24. The van der Waals surface area contributed by atoms with E-state index in [0.29, 0.717) is 5.75 Å². The molecule has 2 aromatic heterocycles. The first-order valence-corrected chi connectivity index (χ1v) is 9.52. The predicted molar refractivity (Wildman–Crippen MR) is 104 cm³/mol. The second-order valence-corrected chi connectivity index (χ2v) is 7.27. The van der Waals surface area contributed by atoms with Crippen LogP contribution in [-0.2, 0) is 4.79 Å². The Kier molecular flexibility index (Phi) is 5.52. The van der Waals surface area contributed by atoms with Crippen molar-refractivity contribution >= 4 is 17.7 Å². The number of nitrogens with one attached hydrogen (secondary N) is 1. The van der Waals surface area contributed by atoms with Gasteiger partial charge in [0.05, 0.1) is 17.5 Å². The van der Waals surface area contributed by atoms with Crippen LogP contribution in [0, 0.1) is 20.8 Å². The van der Waals surface area contributed by atoms with Gasteiger partial charge in [-0.15, -0.1) is 0 Å². The number of carbonyl (C=O) groups is 1. The lowest BCUT2D eigenvalue weighted by atomic mass is 10.1. The first-order valence-electron chi connectivity index (χ1n) is 8.54. The molecular formula is C20H23N3O2S. The van der Waals surface area contributed by atoms with E-state index >= 15 is 0 Å². The van der Waals surface area contributed by atoms with Crippen LogP contribution in [0.2, 0.25) is 0 Å². The van der Waals surface area contributed by atoms with Crippen LogP contribution in [0.3, 0.4) is 0 Å². The van der Waals surface area contributed by atoms with Crippen LogP contribution < -0.4 is 5.32 Å². The molecule has 1 unspecified atom stereocenters. The summed E-state index contributed by atoms with van der Waals surface area (Å²) in [5.41, 5.74) is 3.52. The Morgan fingerprint density at radius 1 is 1.27 bits per heavy atom. The summed E-state index contributed by atoms with van der Waals surface area (Å²) in [6.45, 7) is 7.99. The van der Waals surface area contributed by atoms with Gasteiger partial charge in [0.15, 0.2) is 5.16 Å². The van der Waals surface area contributed by atoms with Gasteiger partial charge in [-0.3, -0.25) is 9.36 Å². The van der Waals surface area contributed by atoms with Crippen LogP contribution in [-0.4, -0.2) is 21.2 Å². The molecule has 136 valence electrons. The minimum absolute atomic E-state index is 0.0490. The third-order valence-corrected chi connectivity index (χ3v) is 5.31. The molecular weight excluding hydrogens is 346 g/mol. The number of benzene rings is 1. The fourth-order valence-corrected chi connectivity index (χ4v) is 3.52. The molecule has 0 spiro atoms. The van der Waals surface area contributed by atoms with Gasteiger partial charge in [0, 0.05) is 12.4 Å². The summed E-state index contributed by atoms with van der Waals surface area (Å²) in [4.78, 5) is 16.7. The van der Waals surface area contributed by atoms with Gasteiger partial charge in [-0.25, -0.2) is 4.98 Å². The smallest absolute Gasteiger partial charge is 0.231 e. The van der Waals surface area contributed by atoms with E-state index in [-0.39, 0.29) is 11.9 Å². The van der Waals surface area contributed by atoms with Crippen LogP contribution >= 0.6 is 11.8 Å². The zero-order valence-corrected chi connectivity index (χ0v) is 16.3. The third kappa shape index (κ3) is 4.02. The first kappa shape index (κ1) is 18.3. The van der Waals surface area contributed by atoms with Crippen molar-refractivity contribution in [2.75, 3.05) is 5.75 Å². The summed E-state index contributed by atoms with van der Waals surface area (Å²) >= 11 is 1.42. The predicted octanol–water partition coefficient (Wildman–Crippen LogP) is 4.36. The van der Waals surface area contributed by atoms with E-state index in [1.807, 2.05) is 42.8 Å². The number of aryl methyl sites for hydroxylation is 2. The van der Waals surface area contributed by atoms with E-state index < -0.39 is 0 Å². The Balaban J connectivity index is 1.65. The number of hydrogen-bond acceptors (Lipinski definition) is 4. The molecule has 0 fully saturated rings. The van der Waals surface area contributed by atoms with Crippen molar-refractivity contribution in [2.45, 2.75) is 38.9 Å². The molecule has 1 amide bonds. The largest absolute Gasteiger partial charge is 0.464 e. The number of amides is 1. The van der Waals surface area contributed by atoms with Crippen LogP contribution in [0.4, 0.5) is 0 Å². The zero-order chi connectivity index (χ0) is 18.7. The Morgan fingerprint density at radius 3 is 2.81 bits per heavy atom. The normalized spacial score (nSPS) is 12.2. The monoisotopic (exact) mass is 369 g/mol. The molecule has 0 aliphatic heterocycles. The number of imidazole rings is 1. The van der Waals surface area contributed by atoms with E-state index in [1.54, 1.807) is 6.20 Å². The van der Waals surface area contributed by atoms with Gasteiger partial charge in [-0.2, -0.15) is 0 Å². The zero-order valence-electron chi connectivity index (χ0n) is 15.4. The molecule has 5 nitrogen and oxygen atoms in total. The van der Waals surface area contributed by atoms with Gasteiger partial charge < -0.3 is 9.73 Å². The summed E-state index contributed by atoms with van der Waals surface area (Å²) in [7, 11) is 0. The molecule has 0 radical (unpaired) electrons. The molecule has 2 heterocycles. The van der Waals surface area contributed by atoms with E-state index in [9.17, 15) is 4.79 Å². The summed E-state index contributed by atoms with van der Waals surface area (Å²) in [5.74, 6) is 1.85. The molecule has 0 saturated heterocycles. The highest BCUT2D eigenvalue weighted by atomic mass is 32.2. The van der Waals surface area contributed by atoms with Crippen LogP contribution in [0.5, 0.6) is 0 Å². The van der Waals surface area contributed by atoms with Crippen molar-refractivity contribution in [3.8, 4) is 5.69 Å². The maximum absolute atomic E-state index is 12.3. The Labute approximate surface area is 157 Å². The van der Waals surface area contributed by atoms with Gasteiger partial charge >= 0.3 is 0 Å². The lowest BCUT2D eigenvalue weighted by Crippen LogP contribution is -2.28. The van der Waals surface area contributed by atoms with Crippen LogP contribution in [0.15, 0.2) is 52.3 Å². The van der Waals surface area contributed by atoms with Gasteiger partial charge in [-0.1, -0.05) is 23.9 Å². The van der Waals surface area contributed by atoms with E-state index in [0.717, 1.165) is 22.4 Å². The van der Waals surface area contributed by atoms with Crippen molar-refractivity contribution in [1.82, 2.24) is 14.9 Å². The SMILES string of the molecule is Cc1ccc(C(C)NC(=O)CSc2nccn2-c2cccc(C)c2C)o1. The van der Waals surface area contributed by atoms with E-state index in [1.165, 1.54) is 22.9 Å². The van der Waals surface area contributed by atoms with Crippen molar-refractivity contribution < 1.29 is 9.21 Å². The van der Waals surface area contributed by atoms with E-state index in [4.69, 9.17) is 4.42 Å². The Hall–Kier alpha value is -2.47. The summed E-state index contributed by atoms with van der Waals surface area (Å²) in [6.07, 6.45) is 3.69. The fraction of sp³-hybridized carbons (Fsp3) is 0.300. The highest BCUT2D eigenvalue weighted by molar-refractivity contribution is 7.99. The average molecular weight is 369 g/mol. The number of rotatable bonds is 6. The molecule has 1 atom stereocenters. The topological polar surface area (TPSA) is 60.1 Å². The molecule has 1 aromatic carbocycles. The lowest BCUT2D eigenvalue weighted by molar-refractivity contribution is -0.119. The quantitative estimate of drug-likeness (QED) is 0.656. The number of aromatic nitrogens is 2. The van der Waals surface area contributed by atoms with Crippen molar-refractivity contribution in [3.63, 3.8) is 0 Å². The van der Waals surface area contributed by atoms with E-state index in [2.05, 4.69) is 36.3 Å². The average Bonchev–Trinajstić information content (AvgIpc) is 3.24. The van der Waals surface area contributed by atoms with Gasteiger partial charge in [0.1, 0.15) is 11.5 Å². The molecule has 0 aliphatic rings. The number of hydrogen-bond donors (Lipinski definition) is 1. The summed E-state index contributed by atoms with van der Waals surface area (Å²) < 4.78 is 7.59. The number of furan rings is 1. The number of thioether (sulfide) groups is 1. The van der Waals surface area contributed by atoms with Crippen molar-refractivity contribution in [2.24, 2.45) is 0 Å². The summed E-state index contributed by atoms with van der Waals surface area (Å²) in [5, 5.41) is 3.76. The molecule has 1 N–H and O–H groups in total. The first-order chi connectivity index (χ1) is 12.5. The standard InChI is InChI=1S/C20H23N3O2S/c1-13-6-5-7-17(15(13)3)23-11-10-21-20(23)26-12-19(24)22-16(4)18-9-8-14(2)25-18/h5-11,16H,12H2,1-4H3,(H,22,24). The number of nitrogens with zero attached hydrogens (tertiary/aromatic N) is 2. The van der Waals surface area contributed by atoms with Gasteiger partial charge in [0.2, 0.25) is 5.91 Å².